The van der Waals surface area contributed by atoms with Crippen LogP contribution in [0.5, 0.6) is 0 Å². The molecule has 98 valence electrons. The normalized spacial score (nSPS) is 16.6. The molecule has 0 spiro atoms. The van der Waals surface area contributed by atoms with Gasteiger partial charge in [0.25, 0.3) is 5.91 Å². The lowest BCUT2D eigenvalue weighted by Gasteiger charge is -2.21. The topological polar surface area (TPSA) is 29.1 Å². The Balaban J connectivity index is 1.90. The number of aryl methyl sites for hydroxylation is 1. The largest absolute Gasteiger partial charge is 0.352 e. The lowest BCUT2D eigenvalue weighted by atomic mass is 9.89. The molecule has 1 aromatic rings. The van der Waals surface area contributed by atoms with Crippen LogP contribution in [0, 0.1) is 12.8 Å². The number of benzene rings is 1. The van der Waals surface area contributed by atoms with Crippen LogP contribution in [0.1, 0.15) is 48.0 Å². The van der Waals surface area contributed by atoms with Gasteiger partial charge in [-0.25, -0.2) is 0 Å². The van der Waals surface area contributed by atoms with Crippen molar-refractivity contribution in [2.75, 3.05) is 6.54 Å². The van der Waals surface area contributed by atoms with E-state index in [1.54, 1.807) is 0 Å². The van der Waals surface area contributed by atoms with Gasteiger partial charge < -0.3 is 5.32 Å². The summed E-state index contributed by atoms with van der Waals surface area (Å²) >= 11 is 3.43. The Morgan fingerprint density at radius 2 is 2.00 bits per heavy atom. The molecule has 0 aromatic heterocycles. The maximum atomic E-state index is 12.1. The van der Waals surface area contributed by atoms with Crippen molar-refractivity contribution in [1.29, 1.82) is 0 Å². The minimum Gasteiger partial charge on any atom is -0.352 e. The van der Waals surface area contributed by atoms with E-state index in [-0.39, 0.29) is 5.91 Å². The number of hydrogen-bond donors (Lipinski definition) is 1. The molecule has 1 aliphatic carbocycles. The van der Waals surface area contributed by atoms with Crippen molar-refractivity contribution < 1.29 is 4.79 Å². The van der Waals surface area contributed by atoms with Crippen LogP contribution in [0.25, 0.3) is 0 Å². The Hall–Kier alpha value is -0.830. The van der Waals surface area contributed by atoms with Gasteiger partial charge in [0.15, 0.2) is 0 Å². The van der Waals surface area contributed by atoms with Crippen molar-refractivity contribution in [3.8, 4) is 0 Å². The van der Waals surface area contributed by atoms with E-state index in [0.717, 1.165) is 22.1 Å². The van der Waals surface area contributed by atoms with E-state index in [9.17, 15) is 4.79 Å². The minimum absolute atomic E-state index is 0.0463. The molecule has 0 unspecified atom stereocenters. The van der Waals surface area contributed by atoms with Crippen molar-refractivity contribution in [2.45, 2.75) is 39.0 Å². The molecule has 2 nitrogen and oxygen atoms in total. The van der Waals surface area contributed by atoms with E-state index in [2.05, 4.69) is 21.2 Å². The highest BCUT2D eigenvalue weighted by Crippen LogP contribution is 2.23. The first-order chi connectivity index (χ1) is 8.65. The average molecular weight is 310 g/mol. The molecule has 2 rings (SSSR count). The summed E-state index contributed by atoms with van der Waals surface area (Å²) in [6.07, 6.45) is 6.51. The summed E-state index contributed by atoms with van der Waals surface area (Å²) in [6.45, 7) is 2.83. The number of nitrogens with one attached hydrogen (secondary N) is 1. The molecule has 1 fully saturated rings. The van der Waals surface area contributed by atoms with Crippen molar-refractivity contribution >= 4 is 21.8 Å². The summed E-state index contributed by atoms with van der Waals surface area (Å²) < 4.78 is 0.963. The van der Waals surface area contributed by atoms with Gasteiger partial charge >= 0.3 is 0 Å². The Bertz CT molecular complexity index is 404. The fourth-order valence-corrected chi connectivity index (χ4v) is 3.21. The molecule has 0 heterocycles. The van der Waals surface area contributed by atoms with Crippen LogP contribution in [0.15, 0.2) is 22.7 Å². The number of carbonyl (C=O) groups excluding carboxylic acids is 1. The number of amides is 1. The SMILES string of the molecule is Cc1cc(Br)cc(C(=O)NCC2CCCCC2)c1. The zero-order valence-corrected chi connectivity index (χ0v) is 12.4. The highest BCUT2D eigenvalue weighted by atomic mass is 79.9. The first-order valence-electron chi connectivity index (χ1n) is 6.70. The van der Waals surface area contributed by atoms with Gasteiger partial charge in [-0.1, -0.05) is 35.2 Å². The Morgan fingerprint density at radius 3 is 2.67 bits per heavy atom. The van der Waals surface area contributed by atoms with E-state index >= 15 is 0 Å². The monoisotopic (exact) mass is 309 g/mol. The van der Waals surface area contributed by atoms with E-state index in [1.807, 2.05) is 25.1 Å². The molecular weight excluding hydrogens is 290 g/mol. The number of hydrogen-bond acceptors (Lipinski definition) is 1. The van der Waals surface area contributed by atoms with Crippen molar-refractivity contribution in [3.63, 3.8) is 0 Å². The number of halogens is 1. The van der Waals surface area contributed by atoms with Crippen LogP contribution >= 0.6 is 15.9 Å². The maximum Gasteiger partial charge on any atom is 0.251 e. The standard InChI is InChI=1S/C15H20BrNO/c1-11-7-13(9-14(16)8-11)15(18)17-10-12-5-3-2-4-6-12/h7-9,12H,2-6,10H2,1H3,(H,17,18). The van der Waals surface area contributed by atoms with E-state index in [0.29, 0.717) is 5.92 Å². The third-order valence-corrected chi connectivity index (χ3v) is 4.04. The van der Waals surface area contributed by atoms with Crippen LogP contribution < -0.4 is 5.32 Å². The zero-order valence-electron chi connectivity index (χ0n) is 10.8. The molecule has 3 heteroatoms. The molecule has 0 aliphatic heterocycles. The summed E-state index contributed by atoms with van der Waals surface area (Å²) in [7, 11) is 0. The molecule has 1 aliphatic rings. The van der Waals surface area contributed by atoms with Gasteiger partial charge in [-0.3, -0.25) is 4.79 Å². The first kappa shape index (κ1) is 13.6. The van der Waals surface area contributed by atoms with Crippen molar-refractivity contribution in [2.24, 2.45) is 5.92 Å². The highest BCUT2D eigenvalue weighted by Gasteiger charge is 2.15. The van der Waals surface area contributed by atoms with Gasteiger partial charge in [0.2, 0.25) is 0 Å². The summed E-state index contributed by atoms with van der Waals surface area (Å²) in [5.41, 5.74) is 1.85. The van der Waals surface area contributed by atoms with Crippen molar-refractivity contribution in [3.05, 3.63) is 33.8 Å². The van der Waals surface area contributed by atoms with Gasteiger partial charge in [0, 0.05) is 16.6 Å². The third kappa shape index (κ3) is 3.84. The quantitative estimate of drug-likeness (QED) is 0.896. The predicted octanol–water partition coefficient (Wildman–Crippen LogP) is 4.07. The van der Waals surface area contributed by atoms with Crippen molar-refractivity contribution in [1.82, 2.24) is 5.32 Å². The lowest BCUT2D eigenvalue weighted by Crippen LogP contribution is -2.30. The summed E-state index contributed by atoms with van der Waals surface area (Å²) in [5.74, 6) is 0.723. The van der Waals surface area contributed by atoms with E-state index in [1.165, 1.54) is 32.1 Å². The number of rotatable bonds is 3. The van der Waals surface area contributed by atoms with Gasteiger partial charge in [0.1, 0.15) is 0 Å². The minimum atomic E-state index is 0.0463. The lowest BCUT2D eigenvalue weighted by molar-refractivity contribution is 0.0943. The second-order valence-electron chi connectivity index (χ2n) is 5.23. The van der Waals surface area contributed by atoms with E-state index < -0.39 is 0 Å². The summed E-state index contributed by atoms with van der Waals surface area (Å²) in [4.78, 5) is 12.1. The molecule has 0 saturated heterocycles. The molecule has 1 amide bonds. The summed E-state index contributed by atoms with van der Waals surface area (Å²) in [6, 6.07) is 5.82. The van der Waals surface area contributed by atoms with Crippen LogP contribution in [0.3, 0.4) is 0 Å². The third-order valence-electron chi connectivity index (χ3n) is 3.58. The molecular formula is C15H20BrNO. The van der Waals surface area contributed by atoms with Gasteiger partial charge in [-0.05, 0) is 49.4 Å². The molecule has 1 aromatic carbocycles. The van der Waals surface area contributed by atoms with Crippen LogP contribution in [-0.2, 0) is 0 Å². The fraction of sp³-hybridized carbons (Fsp3) is 0.533. The second-order valence-corrected chi connectivity index (χ2v) is 6.15. The van der Waals surface area contributed by atoms with Gasteiger partial charge in [-0.15, -0.1) is 0 Å². The van der Waals surface area contributed by atoms with Gasteiger partial charge in [-0.2, -0.15) is 0 Å². The Kier molecular flexibility index (Phi) is 4.81. The van der Waals surface area contributed by atoms with Crippen LogP contribution in [-0.4, -0.2) is 12.5 Å². The molecule has 0 radical (unpaired) electrons. The number of carbonyl (C=O) groups is 1. The summed E-state index contributed by atoms with van der Waals surface area (Å²) in [5, 5.41) is 3.06. The Morgan fingerprint density at radius 1 is 1.28 bits per heavy atom. The highest BCUT2D eigenvalue weighted by molar-refractivity contribution is 9.10. The first-order valence-corrected chi connectivity index (χ1v) is 7.50. The average Bonchev–Trinajstić information content (AvgIpc) is 2.36. The van der Waals surface area contributed by atoms with Crippen LogP contribution in [0.2, 0.25) is 0 Å². The van der Waals surface area contributed by atoms with Gasteiger partial charge in [0.05, 0.1) is 0 Å². The predicted molar refractivity (Wildman–Crippen MR) is 77.8 cm³/mol. The zero-order chi connectivity index (χ0) is 13.0. The smallest absolute Gasteiger partial charge is 0.251 e. The maximum absolute atomic E-state index is 12.1. The van der Waals surface area contributed by atoms with Crippen LogP contribution in [0.4, 0.5) is 0 Å². The molecule has 0 bridgehead atoms. The van der Waals surface area contributed by atoms with E-state index in [4.69, 9.17) is 0 Å². The molecule has 1 N–H and O–H groups in total. The fourth-order valence-electron chi connectivity index (χ4n) is 2.60. The molecule has 0 atom stereocenters. The molecule has 1 saturated carbocycles. The Labute approximate surface area is 117 Å². The molecule has 18 heavy (non-hydrogen) atoms. The second kappa shape index (κ2) is 6.37.